The summed E-state index contributed by atoms with van der Waals surface area (Å²) < 4.78 is 0. The molecule has 1 atom stereocenters. The van der Waals surface area contributed by atoms with E-state index in [1.54, 1.807) is 0 Å². The van der Waals surface area contributed by atoms with E-state index in [-0.39, 0.29) is 0 Å². The maximum absolute atomic E-state index is 10.0. The average Bonchev–Trinajstić information content (AvgIpc) is 2.00. The summed E-state index contributed by atoms with van der Waals surface area (Å²) in [7, 11) is 4.08. The summed E-state index contributed by atoms with van der Waals surface area (Å²) in [6.07, 6.45) is 2.54. The lowest BCUT2D eigenvalue weighted by atomic mass is 10.1. The number of allylic oxidation sites excluding steroid dienone is 1. The van der Waals surface area contributed by atoms with Gasteiger partial charge < -0.3 is 10.2 Å². The lowest BCUT2D eigenvalue weighted by molar-refractivity contribution is -0.109. The molecular formula is C9H18N2O. The number of hydrogen-bond acceptors (Lipinski definition) is 2. The highest BCUT2D eigenvalue weighted by molar-refractivity contribution is 5.49. The molecule has 0 aliphatic heterocycles. The van der Waals surface area contributed by atoms with Crippen molar-refractivity contribution in [2.45, 2.75) is 25.8 Å². The molecule has 0 bridgehead atoms. The largest absolute Gasteiger partial charge is 0.333 e. The minimum Gasteiger partial charge on any atom is -0.333 e. The standard InChI is InChI=1S/C9H18N2O/c1-8(10-7-12)5-6-9(2)11(3)4/h7,9H,1,5-6H2,2-4H3,(H,10,12). The Morgan fingerprint density at radius 1 is 1.67 bits per heavy atom. The van der Waals surface area contributed by atoms with Gasteiger partial charge in [-0.2, -0.15) is 0 Å². The smallest absolute Gasteiger partial charge is 0.211 e. The summed E-state index contributed by atoms with van der Waals surface area (Å²) >= 11 is 0. The van der Waals surface area contributed by atoms with Gasteiger partial charge in [-0.15, -0.1) is 0 Å². The molecule has 0 saturated heterocycles. The van der Waals surface area contributed by atoms with Crippen molar-refractivity contribution in [2.24, 2.45) is 0 Å². The third-order valence-corrected chi connectivity index (χ3v) is 2.01. The van der Waals surface area contributed by atoms with Gasteiger partial charge in [-0.1, -0.05) is 6.58 Å². The Kier molecular flexibility index (Phi) is 5.37. The summed E-state index contributed by atoms with van der Waals surface area (Å²) in [6.45, 7) is 5.86. The van der Waals surface area contributed by atoms with Crippen LogP contribution in [0.2, 0.25) is 0 Å². The molecule has 0 spiro atoms. The van der Waals surface area contributed by atoms with Crippen LogP contribution in [0.3, 0.4) is 0 Å². The number of nitrogens with zero attached hydrogens (tertiary/aromatic N) is 1. The van der Waals surface area contributed by atoms with Crippen molar-refractivity contribution in [1.29, 1.82) is 0 Å². The molecule has 1 N–H and O–H groups in total. The van der Waals surface area contributed by atoms with Gasteiger partial charge >= 0.3 is 0 Å². The molecule has 0 saturated carbocycles. The zero-order valence-electron chi connectivity index (χ0n) is 8.13. The second-order valence-corrected chi connectivity index (χ2v) is 3.22. The molecule has 0 radical (unpaired) electrons. The van der Waals surface area contributed by atoms with Crippen molar-refractivity contribution in [3.8, 4) is 0 Å². The molecule has 0 rings (SSSR count). The van der Waals surface area contributed by atoms with E-state index in [2.05, 4.69) is 23.7 Å². The van der Waals surface area contributed by atoms with Crippen LogP contribution in [0.25, 0.3) is 0 Å². The van der Waals surface area contributed by atoms with Gasteiger partial charge in [-0.25, -0.2) is 0 Å². The highest BCUT2D eigenvalue weighted by atomic mass is 16.1. The minimum atomic E-state index is 0.523. The number of carbonyl (C=O) groups excluding carboxylic acids is 1. The fourth-order valence-corrected chi connectivity index (χ4v) is 0.797. The molecule has 70 valence electrons. The van der Waals surface area contributed by atoms with Crippen molar-refractivity contribution in [2.75, 3.05) is 14.1 Å². The van der Waals surface area contributed by atoms with E-state index in [0.29, 0.717) is 12.5 Å². The van der Waals surface area contributed by atoms with Crippen LogP contribution in [-0.2, 0) is 4.79 Å². The zero-order chi connectivity index (χ0) is 9.56. The van der Waals surface area contributed by atoms with Gasteiger partial charge in [0.15, 0.2) is 0 Å². The van der Waals surface area contributed by atoms with E-state index in [1.165, 1.54) is 0 Å². The highest BCUT2D eigenvalue weighted by Crippen LogP contribution is 2.05. The molecule has 12 heavy (non-hydrogen) atoms. The van der Waals surface area contributed by atoms with Gasteiger partial charge in [0.1, 0.15) is 0 Å². The van der Waals surface area contributed by atoms with Crippen molar-refractivity contribution in [1.82, 2.24) is 10.2 Å². The van der Waals surface area contributed by atoms with Gasteiger partial charge in [-0.05, 0) is 33.9 Å². The first-order valence-corrected chi connectivity index (χ1v) is 4.12. The number of carbonyl (C=O) groups is 1. The Balaban J connectivity index is 3.53. The lowest BCUT2D eigenvalue weighted by Crippen LogP contribution is -2.25. The van der Waals surface area contributed by atoms with E-state index >= 15 is 0 Å². The number of nitrogens with one attached hydrogen (secondary N) is 1. The Bertz CT molecular complexity index is 155. The Morgan fingerprint density at radius 2 is 2.25 bits per heavy atom. The van der Waals surface area contributed by atoms with E-state index < -0.39 is 0 Å². The number of amides is 1. The fourth-order valence-electron chi connectivity index (χ4n) is 0.797. The molecule has 1 unspecified atom stereocenters. The van der Waals surface area contributed by atoms with Crippen molar-refractivity contribution >= 4 is 6.41 Å². The summed E-state index contributed by atoms with van der Waals surface area (Å²) in [6, 6.07) is 0.523. The third kappa shape index (κ3) is 4.91. The van der Waals surface area contributed by atoms with Crippen molar-refractivity contribution in [3.63, 3.8) is 0 Å². The monoisotopic (exact) mass is 170 g/mol. The summed E-state index contributed by atoms with van der Waals surface area (Å²) in [5.41, 5.74) is 0.790. The predicted octanol–water partition coefficient (Wildman–Crippen LogP) is 0.976. The first-order valence-electron chi connectivity index (χ1n) is 4.12. The second-order valence-electron chi connectivity index (χ2n) is 3.22. The maximum atomic E-state index is 10.0. The molecule has 0 aromatic heterocycles. The molecule has 0 fully saturated rings. The second kappa shape index (κ2) is 5.77. The van der Waals surface area contributed by atoms with Crippen LogP contribution in [0, 0.1) is 0 Å². The van der Waals surface area contributed by atoms with Crippen LogP contribution in [-0.4, -0.2) is 31.4 Å². The van der Waals surface area contributed by atoms with Gasteiger partial charge in [0.2, 0.25) is 6.41 Å². The first kappa shape index (κ1) is 11.2. The molecule has 3 heteroatoms. The summed E-state index contributed by atoms with van der Waals surface area (Å²) in [5, 5.41) is 2.55. The van der Waals surface area contributed by atoms with Crippen molar-refractivity contribution < 1.29 is 4.79 Å². The first-order chi connectivity index (χ1) is 5.57. The van der Waals surface area contributed by atoms with E-state index in [4.69, 9.17) is 0 Å². The van der Waals surface area contributed by atoms with E-state index in [0.717, 1.165) is 18.5 Å². The van der Waals surface area contributed by atoms with E-state index in [9.17, 15) is 4.79 Å². The molecule has 0 aliphatic rings. The van der Waals surface area contributed by atoms with Gasteiger partial charge in [0, 0.05) is 11.7 Å². The molecule has 1 amide bonds. The van der Waals surface area contributed by atoms with Crippen LogP contribution in [0.1, 0.15) is 19.8 Å². The molecule has 0 aromatic rings. The third-order valence-electron chi connectivity index (χ3n) is 2.01. The Morgan fingerprint density at radius 3 is 2.67 bits per heavy atom. The van der Waals surface area contributed by atoms with Crippen LogP contribution in [0.5, 0.6) is 0 Å². The topological polar surface area (TPSA) is 32.3 Å². The number of hydrogen-bond donors (Lipinski definition) is 1. The van der Waals surface area contributed by atoms with Crippen LogP contribution >= 0.6 is 0 Å². The average molecular weight is 170 g/mol. The van der Waals surface area contributed by atoms with Crippen LogP contribution < -0.4 is 5.32 Å². The minimum absolute atomic E-state index is 0.523. The molecule has 0 aromatic carbocycles. The summed E-state index contributed by atoms with van der Waals surface area (Å²) in [5.74, 6) is 0. The highest BCUT2D eigenvalue weighted by Gasteiger charge is 2.04. The Labute approximate surface area is 74.4 Å². The fraction of sp³-hybridized carbons (Fsp3) is 0.667. The molecule has 0 heterocycles. The van der Waals surface area contributed by atoms with Crippen molar-refractivity contribution in [3.05, 3.63) is 12.3 Å². The zero-order valence-corrected chi connectivity index (χ0v) is 8.13. The quantitative estimate of drug-likeness (QED) is 0.603. The Hall–Kier alpha value is -0.830. The normalized spacial score (nSPS) is 12.7. The van der Waals surface area contributed by atoms with Gasteiger partial charge in [-0.3, -0.25) is 4.79 Å². The molecular weight excluding hydrogens is 152 g/mol. The van der Waals surface area contributed by atoms with Crippen LogP contribution in [0.4, 0.5) is 0 Å². The molecule has 0 aliphatic carbocycles. The SMILES string of the molecule is C=C(CCC(C)N(C)C)NC=O. The van der Waals surface area contributed by atoms with Crippen LogP contribution in [0.15, 0.2) is 12.3 Å². The summed E-state index contributed by atoms with van der Waals surface area (Å²) in [4.78, 5) is 12.2. The van der Waals surface area contributed by atoms with E-state index in [1.807, 2.05) is 14.1 Å². The lowest BCUT2D eigenvalue weighted by Gasteiger charge is -2.19. The van der Waals surface area contributed by atoms with Gasteiger partial charge in [0.25, 0.3) is 0 Å². The number of rotatable bonds is 6. The van der Waals surface area contributed by atoms with Gasteiger partial charge in [0.05, 0.1) is 0 Å². The molecule has 3 nitrogen and oxygen atoms in total. The maximum Gasteiger partial charge on any atom is 0.211 e. The predicted molar refractivity (Wildman–Crippen MR) is 50.7 cm³/mol.